The van der Waals surface area contributed by atoms with Gasteiger partial charge in [-0.15, -0.1) is 0 Å². The van der Waals surface area contributed by atoms with Crippen LogP contribution in [-0.4, -0.2) is 16.4 Å². The van der Waals surface area contributed by atoms with Crippen LogP contribution < -0.4 is 11.1 Å². The van der Waals surface area contributed by atoms with Gasteiger partial charge in [-0.05, 0) is 37.8 Å². The highest BCUT2D eigenvalue weighted by Crippen LogP contribution is 2.38. The molecule has 1 unspecified atom stereocenters. The smallest absolute Gasteiger partial charge is 0.245 e. The van der Waals surface area contributed by atoms with Crippen LogP contribution in [0.3, 0.4) is 0 Å². The van der Waals surface area contributed by atoms with Crippen molar-refractivity contribution in [1.82, 2.24) is 4.98 Å². The fourth-order valence-electron chi connectivity index (χ4n) is 1.59. The molecular formula is C11H14ClN3O. The minimum absolute atomic E-state index is 0.204. The second-order valence-electron chi connectivity index (χ2n) is 4.37. The van der Waals surface area contributed by atoms with Crippen molar-refractivity contribution in [3.63, 3.8) is 0 Å². The molecule has 1 aliphatic rings. The van der Waals surface area contributed by atoms with E-state index in [0.29, 0.717) is 10.8 Å². The largest absolute Gasteiger partial charge is 0.317 e. The molecule has 0 spiro atoms. The first-order chi connectivity index (χ1) is 7.50. The van der Waals surface area contributed by atoms with E-state index >= 15 is 0 Å². The lowest BCUT2D eigenvalue weighted by molar-refractivity contribution is -0.121. The van der Waals surface area contributed by atoms with E-state index in [2.05, 4.69) is 10.3 Å². The summed E-state index contributed by atoms with van der Waals surface area (Å²) in [6.07, 6.45) is 3.58. The molecule has 1 aromatic rings. The molecule has 16 heavy (non-hydrogen) atoms. The summed E-state index contributed by atoms with van der Waals surface area (Å²) in [5.74, 6) is 0.520. The number of nitrogens with one attached hydrogen (secondary N) is 1. The van der Waals surface area contributed by atoms with Crippen LogP contribution in [-0.2, 0) is 4.79 Å². The number of rotatable bonds is 3. The van der Waals surface area contributed by atoms with Gasteiger partial charge >= 0.3 is 0 Å². The Bertz CT molecular complexity index is 415. The van der Waals surface area contributed by atoms with Crippen LogP contribution in [0.5, 0.6) is 0 Å². The Morgan fingerprint density at radius 1 is 1.69 bits per heavy atom. The van der Waals surface area contributed by atoms with Gasteiger partial charge < -0.3 is 11.1 Å². The molecule has 1 atom stereocenters. The molecule has 2 rings (SSSR count). The van der Waals surface area contributed by atoms with Crippen LogP contribution >= 0.6 is 11.6 Å². The quantitative estimate of drug-likeness (QED) is 0.845. The number of pyridine rings is 1. The van der Waals surface area contributed by atoms with Crippen molar-refractivity contribution in [2.45, 2.75) is 25.3 Å². The van der Waals surface area contributed by atoms with Gasteiger partial charge in [0.1, 0.15) is 5.82 Å². The molecule has 0 radical (unpaired) electrons. The maximum absolute atomic E-state index is 11.9. The molecule has 0 aliphatic heterocycles. The molecule has 86 valence electrons. The molecule has 1 aliphatic carbocycles. The molecule has 5 heteroatoms. The summed E-state index contributed by atoms with van der Waals surface area (Å²) in [5, 5.41) is 3.22. The zero-order valence-corrected chi connectivity index (χ0v) is 9.79. The lowest BCUT2D eigenvalue weighted by Gasteiger charge is -2.22. The normalized spacial score (nSPS) is 18.9. The molecule has 0 aromatic carbocycles. The zero-order valence-electron chi connectivity index (χ0n) is 9.03. The Kier molecular flexibility index (Phi) is 2.86. The number of carbonyl (C=O) groups excluding carboxylic acids is 1. The third-order valence-corrected chi connectivity index (χ3v) is 3.11. The molecule has 1 aromatic heterocycles. The van der Waals surface area contributed by atoms with Crippen molar-refractivity contribution < 1.29 is 4.79 Å². The average Bonchev–Trinajstić information content (AvgIpc) is 3.00. The van der Waals surface area contributed by atoms with Gasteiger partial charge in [-0.25, -0.2) is 4.98 Å². The fourth-order valence-corrected chi connectivity index (χ4v) is 1.75. The van der Waals surface area contributed by atoms with Gasteiger partial charge in [0.05, 0.1) is 5.54 Å². The predicted octanol–water partition coefficient (Wildman–Crippen LogP) is 1.80. The third kappa shape index (κ3) is 2.33. The topological polar surface area (TPSA) is 68.0 Å². The third-order valence-electron chi connectivity index (χ3n) is 2.88. The molecule has 1 saturated carbocycles. The van der Waals surface area contributed by atoms with E-state index in [1.165, 1.54) is 0 Å². The Hall–Kier alpha value is -1.13. The van der Waals surface area contributed by atoms with Crippen molar-refractivity contribution in [2.24, 2.45) is 11.7 Å². The maximum Gasteiger partial charge on any atom is 0.245 e. The van der Waals surface area contributed by atoms with Gasteiger partial charge in [0, 0.05) is 11.2 Å². The van der Waals surface area contributed by atoms with E-state index in [-0.39, 0.29) is 11.8 Å². The summed E-state index contributed by atoms with van der Waals surface area (Å²) in [7, 11) is 0. The molecule has 0 bridgehead atoms. The first-order valence-electron chi connectivity index (χ1n) is 5.22. The van der Waals surface area contributed by atoms with Crippen molar-refractivity contribution in [3.8, 4) is 0 Å². The van der Waals surface area contributed by atoms with Crippen molar-refractivity contribution >= 4 is 23.3 Å². The summed E-state index contributed by atoms with van der Waals surface area (Å²) >= 11 is 5.79. The van der Waals surface area contributed by atoms with Crippen LogP contribution in [0.15, 0.2) is 18.3 Å². The highest BCUT2D eigenvalue weighted by molar-refractivity contribution is 6.30. The van der Waals surface area contributed by atoms with Crippen LogP contribution in [0.4, 0.5) is 5.82 Å². The van der Waals surface area contributed by atoms with E-state index in [9.17, 15) is 4.79 Å². The molecule has 1 heterocycles. The monoisotopic (exact) mass is 239 g/mol. The highest BCUT2D eigenvalue weighted by Gasteiger charge is 2.44. The average molecular weight is 240 g/mol. The van der Waals surface area contributed by atoms with Crippen LogP contribution in [0.25, 0.3) is 0 Å². The first-order valence-corrected chi connectivity index (χ1v) is 5.60. The first kappa shape index (κ1) is 11.4. The van der Waals surface area contributed by atoms with Gasteiger partial charge in [0.15, 0.2) is 0 Å². The van der Waals surface area contributed by atoms with Crippen molar-refractivity contribution in [2.75, 3.05) is 5.32 Å². The van der Waals surface area contributed by atoms with E-state index < -0.39 is 5.54 Å². The minimum Gasteiger partial charge on any atom is -0.317 e. The number of amides is 1. The molecule has 4 nitrogen and oxygen atoms in total. The number of hydrogen-bond acceptors (Lipinski definition) is 3. The van der Waals surface area contributed by atoms with Gasteiger partial charge in [-0.3, -0.25) is 4.79 Å². The number of aromatic nitrogens is 1. The Morgan fingerprint density at radius 3 is 2.94 bits per heavy atom. The van der Waals surface area contributed by atoms with Crippen LogP contribution in [0, 0.1) is 5.92 Å². The summed E-state index contributed by atoms with van der Waals surface area (Å²) in [6.45, 7) is 1.75. The zero-order chi connectivity index (χ0) is 11.8. The number of anilines is 1. The van der Waals surface area contributed by atoms with E-state index in [1.807, 2.05) is 0 Å². The summed E-state index contributed by atoms with van der Waals surface area (Å²) in [6, 6.07) is 3.25. The maximum atomic E-state index is 11.9. The highest BCUT2D eigenvalue weighted by atomic mass is 35.5. The Morgan fingerprint density at radius 2 is 2.38 bits per heavy atom. The van der Waals surface area contributed by atoms with Gasteiger partial charge in [-0.2, -0.15) is 0 Å². The molecule has 3 N–H and O–H groups in total. The lowest BCUT2D eigenvalue weighted by atomic mass is 9.96. The van der Waals surface area contributed by atoms with Gasteiger partial charge in [0.2, 0.25) is 5.91 Å². The minimum atomic E-state index is -0.815. The number of nitrogens with zero attached hydrogens (tertiary/aromatic N) is 1. The Labute approximate surface area is 99.2 Å². The van der Waals surface area contributed by atoms with Gasteiger partial charge in [0.25, 0.3) is 0 Å². The van der Waals surface area contributed by atoms with Crippen molar-refractivity contribution in [1.29, 1.82) is 0 Å². The van der Waals surface area contributed by atoms with Crippen molar-refractivity contribution in [3.05, 3.63) is 23.4 Å². The Balaban J connectivity index is 2.07. The molecule has 1 amide bonds. The summed E-state index contributed by atoms with van der Waals surface area (Å²) < 4.78 is 0. The van der Waals surface area contributed by atoms with Crippen LogP contribution in [0.1, 0.15) is 19.8 Å². The number of carbonyl (C=O) groups is 1. The molecule has 1 fully saturated rings. The van der Waals surface area contributed by atoms with Gasteiger partial charge in [-0.1, -0.05) is 11.6 Å². The SMILES string of the molecule is CC(N)(C(=O)Nc1cc(Cl)ccn1)C1CC1. The number of hydrogen-bond donors (Lipinski definition) is 2. The second-order valence-corrected chi connectivity index (χ2v) is 4.81. The molecule has 0 saturated heterocycles. The summed E-state index contributed by atoms with van der Waals surface area (Å²) in [4.78, 5) is 15.9. The van der Waals surface area contributed by atoms with Crippen LogP contribution in [0.2, 0.25) is 5.02 Å². The van der Waals surface area contributed by atoms with E-state index in [0.717, 1.165) is 12.8 Å². The number of halogens is 1. The predicted molar refractivity (Wildman–Crippen MR) is 63.2 cm³/mol. The van der Waals surface area contributed by atoms with E-state index in [4.69, 9.17) is 17.3 Å². The second kappa shape index (κ2) is 4.03. The van der Waals surface area contributed by atoms with E-state index in [1.54, 1.807) is 25.3 Å². The standard InChI is InChI=1S/C11H14ClN3O/c1-11(13,7-2-3-7)10(16)15-9-6-8(12)4-5-14-9/h4-7H,2-3,13H2,1H3,(H,14,15,16). The lowest BCUT2D eigenvalue weighted by Crippen LogP contribution is -2.50. The molecular weight excluding hydrogens is 226 g/mol. The summed E-state index contributed by atoms with van der Waals surface area (Å²) in [5.41, 5.74) is 5.16. The number of nitrogens with two attached hydrogens (primary N) is 1. The fraction of sp³-hybridized carbons (Fsp3) is 0.455.